The summed E-state index contributed by atoms with van der Waals surface area (Å²) in [4.78, 5) is 30.3. The second kappa shape index (κ2) is 7.67. The summed E-state index contributed by atoms with van der Waals surface area (Å²) < 4.78 is 13.9. The number of ketones is 1. The maximum Gasteiger partial charge on any atom is 0.176 e. The Labute approximate surface area is 201 Å². The lowest BCUT2D eigenvalue weighted by Crippen LogP contribution is -2.48. The number of hydrogen-bond acceptors (Lipinski definition) is 5. The molecule has 2 aliphatic carbocycles. The number of imidazole rings is 1. The van der Waals surface area contributed by atoms with Gasteiger partial charge in [0.25, 0.3) is 0 Å². The van der Waals surface area contributed by atoms with Gasteiger partial charge in [0.2, 0.25) is 0 Å². The topological polar surface area (TPSA) is 95.3 Å². The van der Waals surface area contributed by atoms with Crippen molar-refractivity contribution in [3.8, 4) is 17.3 Å². The van der Waals surface area contributed by atoms with E-state index in [0.717, 1.165) is 45.5 Å². The molecule has 2 aromatic heterocycles. The molecule has 2 aliphatic rings. The number of nitrogens with one attached hydrogen (secondary N) is 1. The fourth-order valence-corrected chi connectivity index (χ4v) is 5.99. The summed E-state index contributed by atoms with van der Waals surface area (Å²) in [7, 11) is 0. The number of rotatable bonds is 2. The number of carbonyl (C=O) groups excluding carboxylic acids is 1. The van der Waals surface area contributed by atoms with Crippen molar-refractivity contribution in [2.24, 2.45) is 11.8 Å². The van der Waals surface area contributed by atoms with Gasteiger partial charge in [-0.1, -0.05) is 25.1 Å². The standard InChI is InChI=1S/C28H22FN5O/c1-15-22-9-8-21-25(17-3-10-23-24(11-17)32-14-31-23)33-16(2)34-27(21)28(22,12-18(13-30)26(15)35)19-4-6-20(29)7-5-19/h3-7,10-12,14-15,22H,8-9H2,1-2H3,(H,31,32)/t15-,22-,28+/m0/s1. The molecule has 6 rings (SSSR count). The van der Waals surface area contributed by atoms with E-state index in [1.165, 1.54) is 12.1 Å². The fraction of sp³-hybridized carbons (Fsp3) is 0.250. The Hall–Kier alpha value is -4.18. The number of benzene rings is 2. The normalized spacial score (nSPS) is 23.4. The third kappa shape index (κ3) is 3.06. The molecule has 172 valence electrons. The number of aromatic nitrogens is 4. The number of fused-ring (bicyclic) bond motifs is 4. The molecule has 6 nitrogen and oxygen atoms in total. The molecule has 0 aliphatic heterocycles. The molecule has 2 aromatic carbocycles. The zero-order chi connectivity index (χ0) is 24.3. The van der Waals surface area contributed by atoms with Gasteiger partial charge in [-0.05, 0) is 61.6 Å². The minimum Gasteiger partial charge on any atom is -0.345 e. The number of hydrogen-bond donors (Lipinski definition) is 1. The van der Waals surface area contributed by atoms with Crippen LogP contribution in [0.5, 0.6) is 0 Å². The summed E-state index contributed by atoms with van der Waals surface area (Å²) in [6.07, 6.45) is 4.86. The van der Waals surface area contributed by atoms with Crippen LogP contribution in [0.3, 0.4) is 0 Å². The molecule has 0 unspecified atom stereocenters. The first-order valence-corrected chi connectivity index (χ1v) is 11.7. The summed E-state index contributed by atoms with van der Waals surface area (Å²) in [5, 5.41) is 9.85. The average Bonchev–Trinajstić information content (AvgIpc) is 3.34. The molecule has 35 heavy (non-hydrogen) atoms. The predicted molar refractivity (Wildman–Crippen MR) is 129 cm³/mol. The lowest BCUT2D eigenvalue weighted by atomic mass is 9.54. The van der Waals surface area contributed by atoms with E-state index < -0.39 is 5.41 Å². The second-order valence-corrected chi connectivity index (χ2v) is 9.42. The second-order valence-electron chi connectivity index (χ2n) is 9.42. The fourth-order valence-electron chi connectivity index (χ4n) is 5.99. The molecule has 0 fully saturated rings. The number of halogens is 1. The van der Waals surface area contributed by atoms with Gasteiger partial charge in [0.05, 0.1) is 39.7 Å². The minimum absolute atomic E-state index is 0.109. The highest BCUT2D eigenvalue weighted by Gasteiger charge is 2.53. The molecule has 1 N–H and O–H groups in total. The molecular weight excluding hydrogens is 441 g/mol. The van der Waals surface area contributed by atoms with Gasteiger partial charge in [0, 0.05) is 17.0 Å². The SMILES string of the molecule is Cc1nc(-c2ccc3nc[nH]c3c2)c2c(n1)[C@@]1(c3ccc(F)cc3)C=C(C#N)C(=O)[C@@H](C)[C@@H]1CC2. The largest absolute Gasteiger partial charge is 0.345 e. The van der Waals surface area contributed by atoms with E-state index in [2.05, 4.69) is 16.0 Å². The Morgan fingerprint density at radius 3 is 2.74 bits per heavy atom. The van der Waals surface area contributed by atoms with Crippen LogP contribution in [0.2, 0.25) is 0 Å². The molecule has 2 heterocycles. The van der Waals surface area contributed by atoms with Crippen molar-refractivity contribution in [1.82, 2.24) is 19.9 Å². The van der Waals surface area contributed by atoms with Crippen LogP contribution in [0.15, 0.2) is 60.4 Å². The van der Waals surface area contributed by atoms with Crippen LogP contribution < -0.4 is 0 Å². The maximum absolute atomic E-state index is 13.9. The summed E-state index contributed by atoms with van der Waals surface area (Å²) in [5.41, 5.74) is 5.47. The van der Waals surface area contributed by atoms with Gasteiger partial charge in [0.15, 0.2) is 5.78 Å². The molecule has 0 radical (unpaired) electrons. The number of carbonyl (C=O) groups is 1. The third-order valence-corrected chi connectivity index (χ3v) is 7.59. The maximum atomic E-state index is 13.9. The van der Waals surface area contributed by atoms with Crippen molar-refractivity contribution in [2.45, 2.75) is 32.1 Å². The van der Waals surface area contributed by atoms with Gasteiger partial charge in [-0.25, -0.2) is 19.3 Å². The van der Waals surface area contributed by atoms with Crippen LogP contribution in [0, 0.1) is 35.9 Å². The lowest BCUT2D eigenvalue weighted by Gasteiger charge is -2.48. The first-order valence-electron chi connectivity index (χ1n) is 11.7. The monoisotopic (exact) mass is 463 g/mol. The quantitative estimate of drug-likeness (QED) is 0.452. The Bertz CT molecular complexity index is 1580. The first-order chi connectivity index (χ1) is 16.9. The Morgan fingerprint density at radius 1 is 1.17 bits per heavy atom. The molecule has 4 aromatic rings. The molecule has 0 saturated heterocycles. The summed E-state index contributed by atoms with van der Waals surface area (Å²) >= 11 is 0. The van der Waals surface area contributed by atoms with E-state index in [4.69, 9.17) is 9.97 Å². The Balaban J connectivity index is 1.68. The number of allylic oxidation sites excluding steroid dienone is 2. The smallest absolute Gasteiger partial charge is 0.176 e. The van der Waals surface area contributed by atoms with Crippen LogP contribution >= 0.6 is 0 Å². The van der Waals surface area contributed by atoms with Gasteiger partial charge in [-0.2, -0.15) is 5.26 Å². The lowest BCUT2D eigenvalue weighted by molar-refractivity contribution is -0.121. The minimum atomic E-state index is -0.833. The molecular formula is C28H22FN5O. The summed E-state index contributed by atoms with van der Waals surface area (Å²) in [6.45, 7) is 3.74. The zero-order valence-electron chi connectivity index (χ0n) is 19.3. The summed E-state index contributed by atoms with van der Waals surface area (Å²) in [5.74, 6) is -0.360. The van der Waals surface area contributed by atoms with Crippen molar-refractivity contribution in [2.75, 3.05) is 0 Å². The van der Waals surface area contributed by atoms with Crippen LogP contribution in [0.25, 0.3) is 22.3 Å². The van der Waals surface area contributed by atoms with E-state index in [-0.39, 0.29) is 29.0 Å². The van der Waals surface area contributed by atoms with E-state index in [1.807, 2.05) is 32.0 Å². The van der Waals surface area contributed by atoms with Gasteiger partial charge in [-0.15, -0.1) is 0 Å². The number of Topliss-reactive ketones (excluding diaryl/α,β-unsaturated/α-hetero) is 1. The number of H-pyrrole nitrogens is 1. The third-order valence-electron chi connectivity index (χ3n) is 7.59. The van der Waals surface area contributed by atoms with E-state index in [9.17, 15) is 14.4 Å². The van der Waals surface area contributed by atoms with E-state index in [0.29, 0.717) is 12.2 Å². The van der Waals surface area contributed by atoms with Crippen LogP contribution in [0.1, 0.15) is 36.0 Å². The Morgan fingerprint density at radius 2 is 1.97 bits per heavy atom. The van der Waals surface area contributed by atoms with Crippen molar-refractivity contribution in [3.05, 3.63) is 88.9 Å². The number of nitrogens with zero attached hydrogens (tertiary/aromatic N) is 4. The number of aryl methyl sites for hydroxylation is 1. The highest BCUT2D eigenvalue weighted by molar-refractivity contribution is 6.02. The van der Waals surface area contributed by atoms with Gasteiger partial charge in [-0.3, -0.25) is 4.79 Å². The summed E-state index contributed by atoms with van der Waals surface area (Å²) in [6, 6.07) is 14.5. The van der Waals surface area contributed by atoms with Gasteiger partial charge < -0.3 is 4.98 Å². The van der Waals surface area contributed by atoms with Gasteiger partial charge >= 0.3 is 0 Å². The molecule has 0 amide bonds. The highest BCUT2D eigenvalue weighted by Crippen LogP contribution is 2.54. The van der Waals surface area contributed by atoms with E-state index >= 15 is 0 Å². The van der Waals surface area contributed by atoms with Crippen molar-refractivity contribution >= 4 is 16.8 Å². The van der Waals surface area contributed by atoms with Gasteiger partial charge in [0.1, 0.15) is 17.7 Å². The van der Waals surface area contributed by atoms with Crippen LogP contribution in [-0.4, -0.2) is 25.7 Å². The highest BCUT2D eigenvalue weighted by atomic mass is 19.1. The number of aromatic amines is 1. The molecule has 0 spiro atoms. The van der Waals surface area contributed by atoms with Crippen molar-refractivity contribution in [1.29, 1.82) is 5.26 Å². The average molecular weight is 464 g/mol. The first kappa shape index (κ1) is 21.4. The predicted octanol–water partition coefficient (Wildman–Crippen LogP) is 4.98. The molecule has 7 heteroatoms. The molecule has 0 saturated carbocycles. The van der Waals surface area contributed by atoms with Crippen molar-refractivity contribution in [3.63, 3.8) is 0 Å². The number of nitriles is 1. The molecule has 3 atom stereocenters. The zero-order valence-corrected chi connectivity index (χ0v) is 19.3. The molecule has 0 bridgehead atoms. The van der Waals surface area contributed by atoms with Crippen molar-refractivity contribution < 1.29 is 9.18 Å². The van der Waals surface area contributed by atoms with Crippen LogP contribution in [0.4, 0.5) is 4.39 Å². The van der Waals surface area contributed by atoms with Crippen LogP contribution in [-0.2, 0) is 16.6 Å². The van der Waals surface area contributed by atoms with E-state index in [1.54, 1.807) is 24.5 Å². The Kier molecular flexibility index (Phi) is 4.68.